The van der Waals surface area contributed by atoms with Crippen LogP contribution in [0.2, 0.25) is 0 Å². The molecule has 0 aliphatic heterocycles. The lowest BCUT2D eigenvalue weighted by atomic mass is 10.1. The van der Waals surface area contributed by atoms with Gasteiger partial charge in [0.2, 0.25) is 5.91 Å². The van der Waals surface area contributed by atoms with Crippen LogP contribution in [0.25, 0.3) is 0 Å². The first-order valence-corrected chi connectivity index (χ1v) is 5.02. The molecule has 4 heteroatoms. The fraction of sp³-hybridized carbons (Fsp3) is 0.455. The third kappa shape index (κ3) is 1.93. The van der Waals surface area contributed by atoms with E-state index >= 15 is 0 Å². The molecule has 1 atom stereocenters. The monoisotopic (exact) mass is 205 g/mol. The fourth-order valence-electron chi connectivity index (χ4n) is 1.64. The van der Waals surface area contributed by atoms with Crippen LogP contribution in [-0.2, 0) is 4.79 Å². The van der Waals surface area contributed by atoms with E-state index in [9.17, 15) is 4.79 Å². The first-order chi connectivity index (χ1) is 7.00. The lowest BCUT2D eigenvalue weighted by Gasteiger charge is -2.07. The number of aromatic nitrogens is 1. The number of anilines is 2. The number of amides is 1. The Morgan fingerprint density at radius 2 is 2.33 bits per heavy atom. The molecule has 1 unspecified atom stereocenters. The van der Waals surface area contributed by atoms with Crippen LogP contribution in [0.3, 0.4) is 0 Å². The molecule has 4 nitrogen and oxygen atoms in total. The molecule has 1 aliphatic rings. The zero-order valence-electron chi connectivity index (χ0n) is 8.95. The molecule has 0 aromatic carbocycles. The summed E-state index contributed by atoms with van der Waals surface area (Å²) < 4.78 is 0. The smallest absolute Gasteiger partial charge is 0.229 e. The van der Waals surface area contributed by atoms with Gasteiger partial charge in [0.25, 0.3) is 0 Å². The molecular formula is C11H15N3O. The largest absolute Gasteiger partial charge is 0.396 e. The average molecular weight is 205 g/mol. The molecule has 0 radical (unpaired) electrons. The van der Waals surface area contributed by atoms with Crippen molar-refractivity contribution in [1.82, 2.24) is 4.98 Å². The van der Waals surface area contributed by atoms with Gasteiger partial charge in [-0.3, -0.25) is 4.79 Å². The quantitative estimate of drug-likeness (QED) is 0.771. The highest BCUT2D eigenvalue weighted by atomic mass is 16.2. The van der Waals surface area contributed by atoms with Crippen LogP contribution in [0.15, 0.2) is 18.3 Å². The van der Waals surface area contributed by atoms with Crippen LogP contribution in [-0.4, -0.2) is 10.9 Å². The van der Waals surface area contributed by atoms with Crippen LogP contribution >= 0.6 is 0 Å². The van der Waals surface area contributed by atoms with Crippen molar-refractivity contribution >= 4 is 17.4 Å². The summed E-state index contributed by atoms with van der Waals surface area (Å²) in [7, 11) is 0. The number of nitrogens with one attached hydrogen (secondary N) is 1. The van der Waals surface area contributed by atoms with Crippen molar-refractivity contribution in [3.63, 3.8) is 0 Å². The molecule has 0 saturated heterocycles. The highest BCUT2D eigenvalue weighted by Gasteiger charge is 2.50. The minimum atomic E-state index is 0.0189. The third-order valence-electron chi connectivity index (χ3n) is 2.91. The molecule has 1 heterocycles. The van der Waals surface area contributed by atoms with Gasteiger partial charge in [-0.2, -0.15) is 0 Å². The van der Waals surface area contributed by atoms with Gasteiger partial charge in [0.05, 0.1) is 5.69 Å². The van der Waals surface area contributed by atoms with Crippen molar-refractivity contribution in [2.75, 3.05) is 11.1 Å². The molecule has 2 rings (SSSR count). The number of carbonyl (C=O) groups is 1. The SMILES string of the molecule is CC1(C)CC1C(=O)Nc1ncccc1N. The van der Waals surface area contributed by atoms with E-state index in [1.54, 1.807) is 18.3 Å². The normalized spacial score (nSPS) is 22.1. The first-order valence-electron chi connectivity index (χ1n) is 5.02. The summed E-state index contributed by atoms with van der Waals surface area (Å²) in [5, 5.41) is 2.75. The Labute approximate surface area is 88.9 Å². The number of carbonyl (C=O) groups excluding carboxylic acids is 1. The van der Waals surface area contributed by atoms with E-state index in [4.69, 9.17) is 5.73 Å². The number of hydrogen-bond donors (Lipinski definition) is 2. The Morgan fingerprint density at radius 1 is 1.67 bits per heavy atom. The topological polar surface area (TPSA) is 68.0 Å². The van der Waals surface area contributed by atoms with Crippen molar-refractivity contribution in [1.29, 1.82) is 0 Å². The van der Waals surface area contributed by atoms with Gasteiger partial charge in [-0.25, -0.2) is 4.98 Å². The zero-order chi connectivity index (χ0) is 11.1. The molecule has 15 heavy (non-hydrogen) atoms. The highest BCUT2D eigenvalue weighted by molar-refractivity contribution is 5.96. The number of pyridine rings is 1. The van der Waals surface area contributed by atoms with Gasteiger partial charge >= 0.3 is 0 Å². The second-order valence-electron chi connectivity index (χ2n) is 4.68. The van der Waals surface area contributed by atoms with E-state index in [0.29, 0.717) is 11.5 Å². The molecule has 1 aliphatic carbocycles. The minimum Gasteiger partial charge on any atom is -0.396 e. The Balaban J connectivity index is 2.05. The van der Waals surface area contributed by atoms with Gasteiger partial charge in [0.1, 0.15) is 0 Å². The first kappa shape index (κ1) is 9.96. The summed E-state index contributed by atoms with van der Waals surface area (Å²) >= 11 is 0. The van der Waals surface area contributed by atoms with Crippen LogP contribution in [0.5, 0.6) is 0 Å². The van der Waals surface area contributed by atoms with Crippen molar-refractivity contribution in [3.8, 4) is 0 Å². The van der Waals surface area contributed by atoms with Crippen molar-refractivity contribution in [3.05, 3.63) is 18.3 Å². The highest BCUT2D eigenvalue weighted by Crippen LogP contribution is 2.52. The maximum absolute atomic E-state index is 11.7. The second kappa shape index (κ2) is 3.22. The Bertz CT molecular complexity index is 401. The van der Waals surface area contributed by atoms with Gasteiger partial charge < -0.3 is 11.1 Å². The number of rotatable bonds is 2. The summed E-state index contributed by atoms with van der Waals surface area (Å²) in [6, 6.07) is 3.46. The van der Waals surface area contributed by atoms with Gasteiger partial charge in [0, 0.05) is 12.1 Å². The summed E-state index contributed by atoms with van der Waals surface area (Å²) in [6.07, 6.45) is 2.55. The van der Waals surface area contributed by atoms with Gasteiger partial charge in [0.15, 0.2) is 5.82 Å². The number of nitrogen functional groups attached to an aromatic ring is 1. The molecule has 80 valence electrons. The molecule has 1 aromatic rings. The zero-order valence-corrected chi connectivity index (χ0v) is 8.95. The molecule has 0 spiro atoms. The van der Waals surface area contributed by atoms with Crippen LogP contribution in [0.4, 0.5) is 11.5 Å². The molecular weight excluding hydrogens is 190 g/mol. The molecule has 0 bridgehead atoms. The summed E-state index contributed by atoms with van der Waals surface area (Å²) in [5.74, 6) is 0.578. The lowest BCUT2D eigenvalue weighted by Crippen LogP contribution is -2.18. The average Bonchev–Trinajstić information content (AvgIpc) is 2.79. The Morgan fingerprint density at radius 3 is 2.87 bits per heavy atom. The maximum Gasteiger partial charge on any atom is 0.229 e. The molecule has 1 amide bonds. The van der Waals surface area contributed by atoms with Crippen LogP contribution in [0, 0.1) is 11.3 Å². The fourth-order valence-corrected chi connectivity index (χ4v) is 1.64. The van der Waals surface area contributed by atoms with E-state index in [-0.39, 0.29) is 17.2 Å². The molecule has 1 aromatic heterocycles. The molecule has 3 N–H and O–H groups in total. The summed E-state index contributed by atoms with van der Waals surface area (Å²) in [6.45, 7) is 4.16. The Kier molecular flexibility index (Phi) is 2.14. The van der Waals surface area contributed by atoms with E-state index in [0.717, 1.165) is 6.42 Å². The predicted molar refractivity (Wildman–Crippen MR) is 59.2 cm³/mol. The van der Waals surface area contributed by atoms with E-state index in [2.05, 4.69) is 24.1 Å². The third-order valence-corrected chi connectivity index (χ3v) is 2.91. The second-order valence-corrected chi connectivity index (χ2v) is 4.68. The van der Waals surface area contributed by atoms with Crippen molar-refractivity contribution in [2.45, 2.75) is 20.3 Å². The van der Waals surface area contributed by atoms with Crippen LogP contribution < -0.4 is 11.1 Å². The summed E-state index contributed by atoms with van der Waals surface area (Å²) in [4.78, 5) is 15.8. The summed E-state index contributed by atoms with van der Waals surface area (Å²) in [5.41, 5.74) is 6.32. The minimum absolute atomic E-state index is 0.0189. The maximum atomic E-state index is 11.7. The van der Waals surface area contributed by atoms with Gasteiger partial charge in [-0.05, 0) is 24.0 Å². The lowest BCUT2D eigenvalue weighted by molar-refractivity contribution is -0.118. The standard InChI is InChI=1S/C11H15N3O/c1-11(2)6-7(11)10(15)14-9-8(12)4-3-5-13-9/h3-5,7H,6,12H2,1-2H3,(H,13,14,15). The van der Waals surface area contributed by atoms with Gasteiger partial charge in [-0.1, -0.05) is 13.8 Å². The number of nitrogens with two attached hydrogens (primary N) is 1. The van der Waals surface area contributed by atoms with Crippen molar-refractivity contribution < 1.29 is 4.79 Å². The molecule has 1 saturated carbocycles. The predicted octanol–water partition coefficient (Wildman–Crippen LogP) is 1.65. The van der Waals surface area contributed by atoms with E-state index in [1.165, 1.54) is 0 Å². The number of nitrogens with zero attached hydrogens (tertiary/aromatic N) is 1. The number of hydrogen-bond acceptors (Lipinski definition) is 3. The van der Waals surface area contributed by atoms with Crippen LogP contribution in [0.1, 0.15) is 20.3 Å². The molecule has 1 fully saturated rings. The van der Waals surface area contributed by atoms with Crippen molar-refractivity contribution in [2.24, 2.45) is 11.3 Å². The van der Waals surface area contributed by atoms with Gasteiger partial charge in [-0.15, -0.1) is 0 Å². The van der Waals surface area contributed by atoms with E-state index in [1.807, 2.05) is 0 Å². The van der Waals surface area contributed by atoms with E-state index < -0.39 is 0 Å². The Hall–Kier alpha value is -1.58.